The minimum atomic E-state index is 0.644. The molecule has 4 heteroatoms. The highest BCUT2D eigenvalue weighted by molar-refractivity contribution is 5.41. The molecule has 2 heterocycles. The highest BCUT2D eigenvalue weighted by Gasteiger charge is 2.15. The van der Waals surface area contributed by atoms with Crippen molar-refractivity contribution in [1.29, 1.82) is 5.26 Å². The number of benzene rings is 1. The first-order valence-electron chi connectivity index (χ1n) is 5.52. The van der Waals surface area contributed by atoms with Crippen molar-refractivity contribution in [3.63, 3.8) is 0 Å². The van der Waals surface area contributed by atoms with Gasteiger partial charge in [0.2, 0.25) is 0 Å². The number of rotatable bonds is 1. The number of nitriles is 1. The molecule has 0 amide bonds. The second kappa shape index (κ2) is 4.04. The van der Waals surface area contributed by atoms with Crippen LogP contribution >= 0.6 is 0 Å². The Bertz CT molecular complexity index is 578. The van der Waals surface area contributed by atoms with Crippen LogP contribution in [0.3, 0.4) is 0 Å². The van der Waals surface area contributed by atoms with E-state index in [2.05, 4.69) is 11.2 Å². The van der Waals surface area contributed by atoms with E-state index in [1.165, 1.54) is 5.69 Å². The van der Waals surface area contributed by atoms with E-state index in [1.807, 2.05) is 35.1 Å². The Hall–Kier alpha value is -2.12. The van der Waals surface area contributed by atoms with Crippen molar-refractivity contribution in [2.75, 3.05) is 6.61 Å². The van der Waals surface area contributed by atoms with Crippen LogP contribution in [-0.4, -0.2) is 16.4 Å². The lowest BCUT2D eigenvalue weighted by Crippen LogP contribution is -2.12. The fourth-order valence-electron chi connectivity index (χ4n) is 2.05. The van der Waals surface area contributed by atoms with Gasteiger partial charge in [-0.05, 0) is 24.3 Å². The number of fused-ring (bicyclic) bond motifs is 1. The maximum absolute atomic E-state index is 8.76. The molecule has 0 saturated heterocycles. The zero-order valence-corrected chi connectivity index (χ0v) is 9.26. The molecule has 0 fully saturated rings. The first kappa shape index (κ1) is 10.1. The standard InChI is InChI=1S/C13H11N3O/c14-7-10-1-3-12(4-2-10)16-13-5-6-17-9-11(13)8-15-16/h1-4,8H,5-6,9H2. The third kappa shape index (κ3) is 1.71. The van der Waals surface area contributed by atoms with E-state index in [-0.39, 0.29) is 0 Å². The molecular weight excluding hydrogens is 214 g/mol. The van der Waals surface area contributed by atoms with Crippen molar-refractivity contribution >= 4 is 0 Å². The van der Waals surface area contributed by atoms with Gasteiger partial charge in [-0.25, -0.2) is 4.68 Å². The van der Waals surface area contributed by atoms with Gasteiger partial charge >= 0.3 is 0 Å². The molecule has 1 aliphatic rings. The van der Waals surface area contributed by atoms with Crippen LogP contribution in [0.5, 0.6) is 0 Å². The molecule has 0 unspecified atom stereocenters. The van der Waals surface area contributed by atoms with Crippen LogP contribution in [0.2, 0.25) is 0 Å². The van der Waals surface area contributed by atoms with Gasteiger partial charge in [0.15, 0.2) is 0 Å². The molecule has 2 aromatic rings. The Morgan fingerprint density at radius 3 is 2.88 bits per heavy atom. The van der Waals surface area contributed by atoms with Crippen LogP contribution in [-0.2, 0) is 17.8 Å². The lowest BCUT2D eigenvalue weighted by atomic mass is 10.1. The van der Waals surface area contributed by atoms with Crippen molar-refractivity contribution in [3.05, 3.63) is 47.3 Å². The van der Waals surface area contributed by atoms with Gasteiger partial charge in [0.25, 0.3) is 0 Å². The third-order valence-electron chi connectivity index (χ3n) is 2.94. The Morgan fingerprint density at radius 2 is 2.12 bits per heavy atom. The van der Waals surface area contributed by atoms with E-state index in [4.69, 9.17) is 10.00 Å². The lowest BCUT2D eigenvalue weighted by molar-refractivity contribution is 0.109. The summed E-state index contributed by atoms with van der Waals surface area (Å²) in [5.74, 6) is 0. The topological polar surface area (TPSA) is 50.8 Å². The highest BCUT2D eigenvalue weighted by Crippen LogP contribution is 2.20. The van der Waals surface area contributed by atoms with Crippen molar-refractivity contribution in [3.8, 4) is 11.8 Å². The first-order valence-corrected chi connectivity index (χ1v) is 5.52. The van der Waals surface area contributed by atoms with Gasteiger partial charge in [-0.1, -0.05) is 0 Å². The van der Waals surface area contributed by atoms with Gasteiger partial charge in [-0.3, -0.25) is 0 Å². The predicted octanol–water partition coefficient (Wildman–Crippen LogP) is 1.82. The number of hydrogen-bond acceptors (Lipinski definition) is 3. The third-order valence-corrected chi connectivity index (χ3v) is 2.94. The Labute approximate surface area is 99.1 Å². The number of ether oxygens (including phenoxy) is 1. The smallest absolute Gasteiger partial charge is 0.0991 e. The maximum atomic E-state index is 8.76. The summed E-state index contributed by atoms with van der Waals surface area (Å²) in [6, 6.07) is 9.56. The van der Waals surface area contributed by atoms with Crippen molar-refractivity contribution in [2.45, 2.75) is 13.0 Å². The van der Waals surface area contributed by atoms with Crippen LogP contribution in [0.1, 0.15) is 16.8 Å². The average molecular weight is 225 g/mol. The van der Waals surface area contributed by atoms with Gasteiger partial charge < -0.3 is 4.74 Å². The molecule has 0 N–H and O–H groups in total. The SMILES string of the molecule is N#Cc1ccc(-n2ncc3c2CCOC3)cc1. The van der Waals surface area contributed by atoms with Gasteiger partial charge in [0, 0.05) is 12.0 Å². The number of aromatic nitrogens is 2. The van der Waals surface area contributed by atoms with Crippen LogP contribution in [0.25, 0.3) is 5.69 Å². The van der Waals surface area contributed by atoms with Crippen LogP contribution < -0.4 is 0 Å². The van der Waals surface area contributed by atoms with E-state index >= 15 is 0 Å². The molecule has 0 bridgehead atoms. The Kier molecular flexibility index (Phi) is 2.39. The molecule has 4 nitrogen and oxygen atoms in total. The molecule has 0 spiro atoms. The quantitative estimate of drug-likeness (QED) is 0.743. The summed E-state index contributed by atoms with van der Waals surface area (Å²) in [4.78, 5) is 0. The van der Waals surface area contributed by atoms with Crippen LogP contribution in [0.15, 0.2) is 30.5 Å². The summed E-state index contributed by atoms with van der Waals surface area (Å²) < 4.78 is 7.31. The fraction of sp³-hybridized carbons (Fsp3) is 0.231. The van der Waals surface area contributed by atoms with Crippen molar-refractivity contribution in [1.82, 2.24) is 9.78 Å². The van der Waals surface area contributed by atoms with E-state index < -0.39 is 0 Å². The summed E-state index contributed by atoms with van der Waals surface area (Å²) in [6.07, 6.45) is 2.74. The first-order chi connectivity index (χ1) is 8.38. The number of hydrogen-bond donors (Lipinski definition) is 0. The van der Waals surface area contributed by atoms with Crippen LogP contribution in [0.4, 0.5) is 0 Å². The molecular formula is C13H11N3O. The molecule has 0 atom stereocenters. The number of nitrogens with zero attached hydrogens (tertiary/aromatic N) is 3. The van der Waals surface area contributed by atoms with E-state index in [1.54, 1.807) is 0 Å². The maximum Gasteiger partial charge on any atom is 0.0991 e. The van der Waals surface area contributed by atoms with Gasteiger partial charge in [0.1, 0.15) is 0 Å². The normalized spacial score (nSPS) is 14.1. The van der Waals surface area contributed by atoms with Crippen molar-refractivity contribution in [2.24, 2.45) is 0 Å². The van der Waals surface area contributed by atoms with E-state index in [0.29, 0.717) is 12.2 Å². The summed E-state index contributed by atoms with van der Waals surface area (Å²) in [7, 11) is 0. The summed E-state index contributed by atoms with van der Waals surface area (Å²) in [5, 5.41) is 13.1. The minimum absolute atomic E-state index is 0.644. The molecule has 0 radical (unpaired) electrons. The molecule has 1 aromatic carbocycles. The Morgan fingerprint density at radius 1 is 1.29 bits per heavy atom. The zero-order chi connectivity index (χ0) is 11.7. The average Bonchev–Trinajstić information content (AvgIpc) is 2.83. The van der Waals surface area contributed by atoms with E-state index in [9.17, 15) is 0 Å². The van der Waals surface area contributed by atoms with Gasteiger partial charge in [-0.2, -0.15) is 10.4 Å². The molecule has 17 heavy (non-hydrogen) atoms. The lowest BCUT2D eigenvalue weighted by Gasteiger charge is -2.14. The Balaban J connectivity index is 2.03. The predicted molar refractivity (Wildman–Crippen MR) is 61.6 cm³/mol. The molecule has 3 rings (SSSR count). The van der Waals surface area contributed by atoms with Gasteiger partial charge in [-0.15, -0.1) is 0 Å². The second-order valence-corrected chi connectivity index (χ2v) is 3.99. The monoisotopic (exact) mass is 225 g/mol. The second-order valence-electron chi connectivity index (χ2n) is 3.99. The summed E-state index contributed by atoms with van der Waals surface area (Å²) in [6.45, 7) is 1.39. The van der Waals surface area contributed by atoms with Gasteiger partial charge in [0.05, 0.1) is 42.4 Å². The van der Waals surface area contributed by atoms with Crippen LogP contribution in [0, 0.1) is 11.3 Å². The summed E-state index contributed by atoms with van der Waals surface area (Å²) >= 11 is 0. The molecule has 0 saturated carbocycles. The highest BCUT2D eigenvalue weighted by atomic mass is 16.5. The fourth-order valence-corrected chi connectivity index (χ4v) is 2.05. The minimum Gasteiger partial charge on any atom is -0.376 e. The molecule has 1 aliphatic heterocycles. The van der Waals surface area contributed by atoms with E-state index in [0.717, 1.165) is 24.3 Å². The molecule has 0 aliphatic carbocycles. The summed E-state index contributed by atoms with van der Waals surface area (Å²) in [5.41, 5.74) is 4.02. The van der Waals surface area contributed by atoms with Crippen molar-refractivity contribution < 1.29 is 4.74 Å². The zero-order valence-electron chi connectivity index (χ0n) is 9.26. The largest absolute Gasteiger partial charge is 0.376 e. The molecule has 84 valence electrons. The molecule has 1 aromatic heterocycles.